The highest BCUT2D eigenvalue weighted by molar-refractivity contribution is 5.79. The second kappa shape index (κ2) is 10.3. The molecule has 0 amide bonds. The van der Waals surface area contributed by atoms with Gasteiger partial charge in [0.2, 0.25) is 0 Å². The van der Waals surface area contributed by atoms with Crippen molar-refractivity contribution in [3.8, 4) is 0 Å². The highest BCUT2D eigenvalue weighted by atomic mass is 19.4. The van der Waals surface area contributed by atoms with Gasteiger partial charge in [-0.15, -0.1) is 0 Å². The molecule has 0 unspecified atom stereocenters. The first-order valence-electron chi connectivity index (χ1n) is 9.17. The fraction of sp³-hybridized carbons (Fsp3) is 0.667. The normalized spacial score (nSPS) is 16.3. The first-order chi connectivity index (χ1) is 12.9. The number of ether oxygens (including phenoxy) is 1. The van der Waals surface area contributed by atoms with E-state index in [-0.39, 0.29) is 5.82 Å². The summed E-state index contributed by atoms with van der Waals surface area (Å²) in [7, 11) is 3.66. The van der Waals surface area contributed by atoms with Crippen LogP contribution >= 0.6 is 0 Å². The average molecular weight is 387 g/mol. The van der Waals surface area contributed by atoms with Gasteiger partial charge in [0.15, 0.2) is 5.96 Å². The Balaban J connectivity index is 1.75. The van der Waals surface area contributed by atoms with Gasteiger partial charge in [-0.1, -0.05) is 0 Å². The maximum Gasteiger partial charge on any atom is 0.419 e. The van der Waals surface area contributed by atoms with Crippen molar-refractivity contribution >= 4 is 11.8 Å². The summed E-state index contributed by atoms with van der Waals surface area (Å²) in [6.45, 7) is 3.27. The number of pyridine rings is 1. The summed E-state index contributed by atoms with van der Waals surface area (Å²) in [5.74, 6) is 1.24. The Labute approximate surface area is 158 Å². The van der Waals surface area contributed by atoms with E-state index in [1.165, 1.54) is 12.3 Å². The zero-order valence-corrected chi connectivity index (χ0v) is 15.9. The van der Waals surface area contributed by atoms with Crippen LogP contribution in [0.3, 0.4) is 0 Å². The quantitative estimate of drug-likeness (QED) is 0.428. The first kappa shape index (κ1) is 21.3. The smallest absolute Gasteiger partial charge is 0.381 e. The molecular formula is C18H28F3N5O. The highest BCUT2D eigenvalue weighted by Gasteiger charge is 2.33. The molecule has 1 saturated heterocycles. The zero-order valence-electron chi connectivity index (χ0n) is 15.9. The molecule has 0 saturated carbocycles. The molecule has 1 aliphatic heterocycles. The van der Waals surface area contributed by atoms with Crippen molar-refractivity contribution in [1.82, 2.24) is 15.2 Å². The predicted molar refractivity (Wildman–Crippen MR) is 99.9 cm³/mol. The van der Waals surface area contributed by atoms with Crippen molar-refractivity contribution in [2.24, 2.45) is 10.9 Å². The third-order valence-electron chi connectivity index (χ3n) is 4.60. The van der Waals surface area contributed by atoms with Gasteiger partial charge in [0, 0.05) is 53.1 Å². The van der Waals surface area contributed by atoms with Gasteiger partial charge in [-0.3, -0.25) is 4.99 Å². The standard InChI is InChI=1S/C18H28F3N5O/c1-22-17(26(2)11-5-14-6-12-27-13-7-14)25-10-9-24-16-15(18(19,20)21)4-3-8-23-16/h3-4,8,14H,5-7,9-13H2,1-2H3,(H,22,25)(H,23,24). The Bertz CT molecular complexity index is 603. The van der Waals surface area contributed by atoms with Gasteiger partial charge in [0.1, 0.15) is 5.82 Å². The van der Waals surface area contributed by atoms with Crippen molar-refractivity contribution < 1.29 is 17.9 Å². The fourth-order valence-electron chi connectivity index (χ4n) is 3.03. The number of hydrogen-bond donors (Lipinski definition) is 2. The molecule has 0 aromatic carbocycles. The second-order valence-electron chi connectivity index (χ2n) is 6.56. The van der Waals surface area contributed by atoms with E-state index in [4.69, 9.17) is 4.74 Å². The minimum absolute atomic E-state index is 0.158. The summed E-state index contributed by atoms with van der Waals surface area (Å²) in [6, 6.07) is 2.30. The fourth-order valence-corrected chi connectivity index (χ4v) is 3.03. The van der Waals surface area contributed by atoms with Crippen molar-refractivity contribution in [1.29, 1.82) is 0 Å². The Hall–Kier alpha value is -2.03. The number of rotatable bonds is 7. The SMILES string of the molecule is CN=C(NCCNc1ncccc1C(F)(F)F)N(C)CCC1CCOCC1. The third kappa shape index (κ3) is 6.89. The molecule has 0 radical (unpaired) electrons. The summed E-state index contributed by atoms with van der Waals surface area (Å²) in [5.41, 5.74) is -0.761. The number of guanidine groups is 1. The van der Waals surface area contributed by atoms with E-state index in [2.05, 4.69) is 20.6 Å². The summed E-state index contributed by atoms with van der Waals surface area (Å²) < 4.78 is 44.2. The molecule has 0 bridgehead atoms. The number of halogens is 3. The van der Waals surface area contributed by atoms with Crippen molar-refractivity contribution in [2.45, 2.75) is 25.4 Å². The van der Waals surface area contributed by atoms with Gasteiger partial charge >= 0.3 is 6.18 Å². The third-order valence-corrected chi connectivity index (χ3v) is 4.60. The highest BCUT2D eigenvalue weighted by Crippen LogP contribution is 2.33. The Morgan fingerprint density at radius 3 is 2.74 bits per heavy atom. The Morgan fingerprint density at radius 2 is 2.07 bits per heavy atom. The molecule has 0 spiro atoms. The van der Waals surface area contributed by atoms with Crippen LogP contribution < -0.4 is 10.6 Å². The summed E-state index contributed by atoms with van der Waals surface area (Å²) in [4.78, 5) is 10.1. The van der Waals surface area contributed by atoms with Crippen LogP contribution in [0.2, 0.25) is 0 Å². The lowest BCUT2D eigenvalue weighted by Crippen LogP contribution is -2.41. The summed E-state index contributed by atoms with van der Waals surface area (Å²) in [6.07, 6.45) is 0.172. The van der Waals surface area contributed by atoms with E-state index in [0.717, 1.165) is 51.0 Å². The molecule has 152 valence electrons. The van der Waals surface area contributed by atoms with E-state index < -0.39 is 11.7 Å². The van der Waals surface area contributed by atoms with Gasteiger partial charge in [-0.25, -0.2) is 4.98 Å². The lowest BCUT2D eigenvalue weighted by Gasteiger charge is -2.27. The number of aliphatic imine (C=N–C) groups is 1. The lowest BCUT2D eigenvalue weighted by molar-refractivity contribution is -0.137. The van der Waals surface area contributed by atoms with Crippen LogP contribution in [0, 0.1) is 5.92 Å². The van der Waals surface area contributed by atoms with Crippen LogP contribution in [0.1, 0.15) is 24.8 Å². The molecule has 1 aromatic heterocycles. The second-order valence-corrected chi connectivity index (χ2v) is 6.56. The van der Waals surface area contributed by atoms with Gasteiger partial charge < -0.3 is 20.3 Å². The van der Waals surface area contributed by atoms with E-state index in [1.54, 1.807) is 7.05 Å². The number of hydrogen-bond acceptors (Lipinski definition) is 4. The predicted octanol–water partition coefficient (Wildman–Crippen LogP) is 2.84. The van der Waals surface area contributed by atoms with Gasteiger partial charge in [0.25, 0.3) is 0 Å². The molecule has 0 aliphatic carbocycles. The molecule has 2 rings (SSSR count). The molecule has 2 heterocycles. The molecule has 6 nitrogen and oxygen atoms in total. The van der Waals surface area contributed by atoms with Crippen molar-refractivity contribution in [3.05, 3.63) is 23.9 Å². The van der Waals surface area contributed by atoms with E-state index >= 15 is 0 Å². The van der Waals surface area contributed by atoms with Gasteiger partial charge in [-0.2, -0.15) is 13.2 Å². The van der Waals surface area contributed by atoms with Crippen LogP contribution in [0.5, 0.6) is 0 Å². The maximum absolute atomic E-state index is 13.0. The molecule has 27 heavy (non-hydrogen) atoms. The number of nitrogens with zero attached hydrogens (tertiary/aromatic N) is 3. The first-order valence-corrected chi connectivity index (χ1v) is 9.17. The van der Waals surface area contributed by atoms with E-state index in [9.17, 15) is 13.2 Å². The molecule has 1 aromatic rings. The van der Waals surface area contributed by atoms with Gasteiger partial charge in [0.05, 0.1) is 5.56 Å². The Kier molecular flexibility index (Phi) is 8.15. The van der Waals surface area contributed by atoms with Gasteiger partial charge in [-0.05, 0) is 37.3 Å². The van der Waals surface area contributed by atoms with Crippen LogP contribution in [0.15, 0.2) is 23.3 Å². The molecule has 1 aliphatic rings. The number of aromatic nitrogens is 1. The summed E-state index contributed by atoms with van der Waals surface area (Å²) >= 11 is 0. The number of nitrogens with one attached hydrogen (secondary N) is 2. The van der Waals surface area contributed by atoms with Crippen molar-refractivity contribution in [3.63, 3.8) is 0 Å². The van der Waals surface area contributed by atoms with Crippen molar-refractivity contribution in [2.75, 3.05) is 52.3 Å². The molecular weight excluding hydrogens is 359 g/mol. The number of alkyl halides is 3. The van der Waals surface area contributed by atoms with E-state index in [1.807, 2.05) is 11.9 Å². The molecule has 9 heteroatoms. The largest absolute Gasteiger partial charge is 0.419 e. The van der Waals surface area contributed by atoms with E-state index in [0.29, 0.717) is 19.0 Å². The maximum atomic E-state index is 13.0. The minimum Gasteiger partial charge on any atom is -0.381 e. The summed E-state index contributed by atoms with van der Waals surface area (Å²) in [5, 5.41) is 5.91. The molecule has 1 fully saturated rings. The van der Waals surface area contributed by atoms with Crippen LogP contribution in [0.25, 0.3) is 0 Å². The zero-order chi connectivity index (χ0) is 19.7. The molecule has 0 atom stereocenters. The minimum atomic E-state index is -4.43. The van der Waals surface area contributed by atoms with Crippen LogP contribution in [-0.4, -0.2) is 62.8 Å². The molecule has 2 N–H and O–H groups in total. The average Bonchev–Trinajstić information content (AvgIpc) is 2.66. The lowest BCUT2D eigenvalue weighted by atomic mass is 9.96. The van der Waals surface area contributed by atoms with Crippen LogP contribution in [0.4, 0.5) is 19.0 Å². The number of anilines is 1. The monoisotopic (exact) mass is 387 g/mol. The Morgan fingerprint density at radius 1 is 1.33 bits per heavy atom. The topological polar surface area (TPSA) is 61.8 Å². The van der Waals surface area contributed by atoms with Crippen LogP contribution in [-0.2, 0) is 10.9 Å².